The SMILES string of the molecule is CNc1cc(F)c(Cl)c2c1[nH]c1nc(Oc3cnc(C)nc3)nc(N3CCC[C@@H](N)C3)c12. The summed E-state index contributed by atoms with van der Waals surface area (Å²) in [4.78, 5) is 22.8. The number of nitrogens with two attached hydrogens (primary N) is 1. The zero-order chi connectivity index (χ0) is 22.4. The molecule has 11 heteroatoms. The molecule has 0 aliphatic carbocycles. The Hall–Kier alpha value is -3.24. The molecule has 9 nitrogen and oxygen atoms in total. The van der Waals surface area contributed by atoms with E-state index in [-0.39, 0.29) is 17.1 Å². The van der Waals surface area contributed by atoms with Gasteiger partial charge in [-0.15, -0.1) is 0 Å². The van der Waals surface area contributed by atoms with Crippen molar-refractivity contribution in [1.29, 1.82) is 0 Å². The third-order valence-electron chi connectivity index (χ3n) is 5.58. The van der Waals surface area contributed by atoms with Crippen molar-refractivity contribution in [1.82, 2.24) is 24.9 Å². The van der Waals surface area contributed by atoms with Crippen molar-refractivity contribution in [3.63, 3.8) is 0 Å². The monoisotopic (exact) mass is 456 g/mol. The fourth-order valence-corrected chi connectivity index (χ4v) is 4.32. The van der Waals surface area contributed by atoms with Gasteiger partial charge < -0.3 is 25.7 Å². The van der Waals surface area contributed by atoms with Crippen LogP contribution in [0.3, 0.4) is 0 Å². The number of nitrogens with one attached hydrogen (secondary N) is 2. The van der Waals surface area contributed by atoms with Crippen molar-refractivity contribution in [3.05, 3.63) is 35.1 Å². The van der Waals surface area contributed by atoms with Gasteiger partial charge in [0.15, 0.2) is 5.75 Å². The number of halogens is 2. The van der Waals surface area contributed by atoms with E-state index in [9.17, 15) is 4.39 Å². The highest BCUT2D eigenvalue weighted by Crippen LogP contribution is 2.41. The van der Waals surface area contributed by atoms with Crippen molar-refractivity contribution in [2.24, 2.45) is 5.73 Å². The second-order valence-corrected chi connectivity index (χ2v) is 8.19. The van der Waals surface area contributed by atoms with Gasteiger partial charge in [-0.3, -0.25) is 0 Å². The first-order chi connectivity index (χ1) is 15.4. The minimum atomic E-state index is -0.525. The molecule has 1 aromatic carbocycles. The van der Waals surface area contributed by atoms with Crippen LogP contribution in [-0.2, 0) is 0 Å². The Morgan fingerprint density at radius 1 is 1.28 bits per heavy atom. The van der Waals surface area contributed by atoms with Crippen LogP contribution in [0.1, 0.15) is 18.7 Å². The molecule has 0 spiro atoms. The van der Waals surface area contributed by atoms with E-state index >= 15 is 0 Å². The zero-order valence-corrected chi connectivity index (χ0v) is 18.4. The van der Waals surface area contributed by atoms with E-state index in [1.54, 1.807) is 26.4 Å². The van der Waals surface area contributed by atoms with Gasteiger partial charge in [-0.25, -0.2) is 14.4 Å². The number of aryl methyl sites for hydroxylation is 1. The van der Waals surface area contributed by atoms with Gasteiger partial charge in [-0.2, -0.15) is 9.97 Å². The van der Waals surface area contributed by atoms with Gasteiger partial charge in [0.25, 0.3) is 0 Å². The van der Waals surface area contributed by atoms with Gasteiger partial charge in [-0.05, 0) is 19.8 Å². The molecule has 32 heavy (non-hydrogen) atoms. The van der Waals surface area contributed by atoms with Crippen molar-refractivity contribution >= 4 is 45.0 Å². The van der Waals surface area contributed by atoms with E-state index in [4.69, 9.17) is 22.1 Å². The molecule has 0 unspecified atom stereocenters. The number of hydrogen-bond donors (Lipinski definition) is 3. The Labute approximate surface area is 188 Å². The van der Waals surface area contributed by atoms with Crippen LogP contribution in [0, 0.1) is 12.7 Å². The van der Waals surface area contributed by atoms with E-state index in [1.165, 1.54) is 6.07 Å². The Kier molecular flexibility index (Phi) is 5.18. The summed E-state index contributed by atoms with van der Waals surface area (Å²) in [5.74, 6) is 1.10. The number of H-pyrrole nitrogens is 1. The van der Waals surface area contributed by atoms with Crippen LogP contribution in [-0.4, -0.2) is 51.1 Å². The van der Waals surface area contributed by atoms with Crippen LogP contribution in [0.5, 0.6) is 11.8 Å². The molecule has 4 N–H and O–H groups in total. The van der Waals surface area contributed by atoms with Crippen molar-refractivity contribution in [2.45, 2.75) is 25.8 Å². The number of hydrogen-bond acceptors (Lipinski definition) is 8. The molecule has 1 saturated heterocycles. The predicted molar refractivity (Wildman–Crippen MR) is 122 cm³/mol. The molecule has 0 bridgehead atoms. The smallest absolute Gasteiger partial charge is 0.326 e. The van der Waals surface area contributed by atoms with Crippen molar-refractivity contribution in [3.8, 4) is 11.8 Å². The Morgan fingerprint density at radius 2 is 2.06 bits per heavy atom. The number of benzene rings is 1. The summed E-state index contributed by atoms with van der Waals surface area (Å²) in [6, 6.07) is 1.48. The summed E-state index contributed by atoms with van der Waals surface area (Å²) in [5, 5.41) is 4.16. The molecular weight excluding hydrogens is 435 g/mol. The maximum absolute atomic E-state index is 14.6. The lowest BCUT2D eigenvalue weighted by atomic mass is 10.1. The van der Waals surface area contributed by atoms with Crippen molar-refractivity contribution < 1.29 is 9.13 Å². The van der Waals surface area contributed by atoms with Gasteiger partial charge in [0, 0.05) is 37.6 Å². The largest absolute Gasteiger partial charge is 0.421 e. The molecule has 0 radical (unpaired) electrons. The number of rotatable bonds is 4. The zero-order valence-electron chi connectivity index (χ0n) is 17.6. The Morgan fingerprint density at radius 3 is 2.78 bits per heavy atom. The van der Waals surface area contributed by atoms with Crippen LogP contribution >= 0.6 is 11.6 Å². The normalized spacial score (nSPS) is 16.7. The third kappa shape index (κ3) is 3.55. The number of fused-ring (bicyclic) bond motifs is 3. The third-order valence-corrected chi connectivity index (χ3v) is 5.94. The molecule has 5 rings (SSSR count). The fraction of sp³-hybridized carbons (Fsp3) is 0.333. The van der Waals surface area contributed by atoms with Crippen LogP contribution in [0.2, 0.25) is 5.02 Å². The molecule has 166 valence electrons. The molecule has 1 atom stereocenters. The van der Waals surface area contributed by atoms with Gasteiger partial charge in [-0.1, -0.05) is 11.6 Å². The summed E-state index contributed by atoms with van der Waals surface area (Å²) in [6.07, 6.45) is 4.97. The highest BCUT2D eigenvalue weighted by Gasteiger charge is 2.26. The average molecular weight is 457 g/mol. The number of anilines is 2. The second kappa shape index (κ2) is 8.03. The summed E-state index contributed by atoms with van der Waals surface area (Å²) in [7, 11) is 1.72. The summed E-state index contributed by atoms with van der Waals surface area (Å²) >= 11 is 6.43. The molecule has 1 aliphatic heterocycles. The standard InChI is InChI=1S/C21H22ClFN8O/c1-10-26-7-12(8-27-10)32-21-29-19-16(20(30-21)31-5-3-4-11(24)9-31)15-17(22)13(23)6-14(25-2)18(15)28-19/h6-8,11,25H,3-5,9,24H2,1-2H3,(H,28,29,30)/t11-/m1/s1. The second-order valence-electron chi connectivity index (χ2n) is 7.81. The minimum absolute atomic E-state index is 0.00826. The fourth-order valence-electron chi connectivity index (χ4n) is 4.07. The van der Waals surface area contributed by atoms with Crippen LogP contribution in [0.15, 0.2) is 18.5 Å². The lowest BCUT2D eigenvalue weighted by molar-refractivity contribution is 0.436. The maximum atomic E-state index is 14.6. The van der Waals surface area contributed by atoms with E-state index in [0.29, 0.717) is 51.6 Å². The quantitative estimate of drug-likeness (QED) is 0.424. The van der Waals surface area contributed by atoms with Gasteiger partial charge in [0.2, 0.25) is 0 Å². The lowest BCUT2D eigenvalue weighted by Gasteiger charge is -2.32. The molecule has 1 aliphatic rings. The van der Waals surface area contributed by atoms with E-state index < -0.39 is 5.82 Å². The van der Waals surface area contributed by atoms with Crippen LogP contribution in [0.4, 0.5) is 15.9 Å². The van der Waals surface area contributed by atoms with Crippen molar-refractivity contribution in [2.75, 3.05) is 30.4 Å². The van der Waals surface area contributed by atoms with E-state index in [0.717, 1.165) is 19.4 Å². The summed E-state index contributed by atoms with van der Waals surface area (Å²) in [5.41, 5.74) is 7.92. The summed E-state index contributed by atoms with van der Waals surface area (Å²) in [6.45, 7) is 3.15. The Bertz CT molecular complexity index is 1310. The van der Waals surface area contributed by atoms with Gasteiger partial charge in [0.1, 0.15) is 23.1 Å². The van der Waals surface area contributed by atoms with E-state index in [1.807, 2.05) is 0 Å². The first-order valence-corrected chi connectivity index (χ1v) is 10.7. The molecule has 1 fully saturated rings. The number of ether oxygens (including phenoxy) is 1. The first kappa shape index (κ1) is 20.7. The Balaban J connectivity index is 1.75. The number of aromatic amines is 1. The molecule has 4 heterocycles. The lowest BCUT2D eigenvalue weighted by Crippen LogP contribution is -2.43. The highest BCUT2D eigenvalue weighted by molar-refractivity contribution is 6.39. The molecule has 3 aromatic heterocycles. The molecular formula is C21H22ClFN8O. The summed E-state index contributed by atoms with van der Waals surface area (Å²) < 4.78 is 20.5. The highest BCUT2D eigenvalue weighted by atomic mass is 35.5. The topological polar surface area (TPSA) is 118 Å². The predicted octanol–water partition coefficient (Wildman–Crippen LogP) is 3.76. The van der Waals surface area contributed by atoms with Crippen LogP contribution in [0.25, 0.3) is 21.9 Å². The van der Waals surface area contributed by atoms with Crippen LogP contribution < -0.4 is 20.7 Å². The minimum Gasteiger partial charge on any atom is -0.421 e. The first-order valence-electron chi connectivity index (χ1n) is 10.3. The van der Waals surface area contributed by atoms with Gasteiger partial charge >= 0.3 is 6.01 Å². The number of piperidine rings is 1. The van der Waals surface area contributed by atoms with Gasteiger partial charge in [0.05, 0.1) is 34.0 Å². The molecule has 4 aromatic rings. The average Bonchev–Trinajstić information content (AvgIpc) is 3.17. The molecule has 0 saturated carbocycles. The number of aromatic nitrogens is 5. The maximum Gasteiger partial charge on any atom is 0.326 e. The van der Waals surface area contributed by atoms with E-state index in [2.05, 4.69) is 35.1 Å². The number of nitrogens with zero attached hydrogens (tertiary/aromatic N) is 5. The molecule has 0 amide bonds.